The largest absolute Gasteiger partial charge is 0.477 e. The maximum absolute atomic E-state index is 10.7. The lowest BCUT2D eigenvalue weighted by Gasteiger charge is -2.02. The first-order valence-electron chi connectivity index (χ1n) is 4.90. The third-order valence-corrected chi connectivity index (χ3v) is 1.75. The van der Waals surface area contributed by atoms with E-state index in [4.69, 9.17) is 5.11 Å². The summed E-state index contributed by atoms with van der Waals surface area (Å²) in [5.74, 6) is -1.47. The van der Waals surface area contributed by atoms with Gasteiger partial charge in [-0.15, -0.1) is 6.58 Å². The predicted molar refractivity (Wildman–Crippen MR) is 58.2 cm³/mol. The summed E-state index contributed by atoms with van der Waals surface area (Å²) in [5, 5.41) is 11.0. The van der Waals surface area contributed by atoms with Crippen molar-refractivity contribution in [2.24, 2.45) is 0 Å². The molecule has 2 N–H and O–H groups in total. The molecular weight excluding hydrogens is 194 g/mol. The van der Waals surface area contributed by atoms with E-state index in [0.29, 0.717) is 6.42 Å². The minimum Gasteiger partial charge on any atom is -0.477 e. The number of hydrogen-bond donors (Lipinski definition) is 2. The Balaban J connectivity index is 4.00. The van der Waals surface area contributed by atoms with Crippen LogP contribution in [0.1, 0.15) is 32.6 Å². The van der Waals surface area contributed by atoms with E-state index in [-0.39, 0.29) is 11.6 Å². The number of amides is 1. The van der Waals surface area contributed by atoms with Gasteiger partial charge in [0.05, 0.1) is 0 Å². The number of allylic oxidation sites excluding steroid dienone is 2. The highest BCUT2D eigenvalue weighted by molar-refractivity contribution is 5.91. The first-order chi connectivity index (χ1) is 7.07. The van der Waals surface area contributed by atoms with Gasteiger partial charge in [0.1, 0.15) is 5.70 Å². The van der Waals surface area contributed by atoms with Crippen molar-refractivity contribution in [1.82, 2.24) is 5.32 Å². The summed E-state index contributed by atoms with van der Waals surface area (Å²) < 4.78 is 0. The van der Waals surface area contributed by atoms with Gasteiger partial charge in [-0.2, -0.15) is 0 Å². The summed E-state index contributed by atoms with van der Waals surface area (Å²) in [6.45, 7) is 4.88. The van der Waals surface area contributed by atoms with Gasteiger partial charge in [0.15, 0.2) is 0 Å². The van der Waals surface area contributed by atoms with Crippen LogP contribution in [0.4, 0.5) is 0 Å². The van der Waals surface area contributed by atoms with Gasteiger partial charge in [-0.3, -0.25) is 4.79 Å². The number of rotatable bonds is 7. The average Bonchev–Trinajstić information content (AvgIpc) is 2.15. The lowest BCUT2D eigenvalue weighted by molar-refractivity contribution is -0.134. The summed E-state index contributed by atoms with van der Waals surface area (Å²) in [6, 6.07) is 0. The van der Waals surface area contributed by atoms with Gasteiger partial charge in [0.25, 0.3) is 0 Å². The Morgan fingerprint density at radius 3 is 2.40 bits per heavy atom. The van der Waals surface area contributed by atoms with E-state index in [1.807, 2.05) is 6.08 Å². The van der Waals surface area contributed by atoms with Crippen LogP contribution in [0.15, 0.2) is 24.4 Å². The van der Waals surface area contributed by atoms with Gasteiger partial charge in [-0.1, -0.05) is 12.2 Å². The summed E-state index contributed by atoms with van der Waals surface area (Å²) in [6.07, 6.45) is 6.81. The Morgan fingerprint density at radius 1 is 1.33 bits per heavy atom. The normalized spacial score (nSPS) is 10.9. The summed E-state index contributed by atoms with van der Waals surface area (Å²) in [4.78, 5) is 21.3. The van der Waals surface area contributed by atoms with Crippen molar-refractivity contribution in [3.63, 3.8) is 0 Å². The fraction of sp³-hybridized carbons (Fsp3) is 0.455. The molecular formula is C11H17NO3. The van der Waals surface area contributed by atoms with Crippen molar-refractivity contribution in [2.45, 2.75) is 32.6 Å². The molecule has 0 saturated heterocycles. The second kappa shape index (κ2) is 7.79. The number of aliphatic carboxylic acids is 1. The van der Waals surface area contributed by atoms with Gasteiger partial charge < -0.3 is 10.4 Å². The van der Waals surface area contributed by atoms with Crippen molar-refractivity contribution >= 4 is 11.9 Å². The number of unbranched alkanes of at least 4 members (excludes halogenated alkanes) is 3. The Bertz CT molecular complexity index is 269. The monoisotopic (exact) mass is 211 g/mol. The van der Waals surface area contributed by atoms with Crippen molar-refractivity contribution < 1.29 is 14.7 Å². The highest BCUT2D eigenvalue weighted by Gasteiger charge is 2.07. The Labute approximate surface area is 89.7 Å². The van der Waals surface area contributed by atoms with Crippen LogP contribution >= 0.6 is 0 Å². The molecule has 0 atom stereocenters. The molecule has 4 nitrogen and oxygen atoms in total. The van der Waals surface area contributed by atoms with Crippen LogP contribution in [0.5, 0.6) is 0 Å². The second-order valence-corrected chi connectivity index (χ2v) is 3.18. The number of carbonyl (C=O) groups excluding carboxylic acids is 1. The van der Waals surface area contributed by atoms with Crippen LogP contribution in [0, 0.1) is 0 Å². The smallest absolute Gasteiger partial charge is 0.352 e. The molecule has 0 aromatic heterocycles. The van der Waals surface area contributed by atoms with Crippen molar-refractivity contribution in [3.8, 4) is 0 Å². The molecule has 0 unspecified atom stereocenters. The molecule has 0 rings (SSSR count). The Kier molecular flexibility index (Phi) is 6.97. The number of carbonyl (C=O) groups is 2. The zero-order chi connectivity index (χ0) is 11.7. The fourth-order valence-electron chi connectivity index (χ4n) is 1.06. The molecule has 1 amide bonds. The molecule has 0 heterocycles. The molecule has 0 aliphatic rings. The van der Waals surface area contributed by atoms with Gasteiger partial charge in [-0.05, 0) is 25.7 Å². The van der Waals surface area contributed by atoms with Crippen LogP contribution in [0.2, 0.25) is 0 Å². The minimum absolute atomic E-state index is 0.0406. The number of hydrogen-bond acceptors (Lipinski definition) is 2. The van der Waals surface area contributed by atoms with Crippen LogP contribution < -0.4 is 5.32 Å². The molecule has 15 heavy (non-hydrogen) atoms. The Morgan fingerprint density at radius 2 is 1.93 bits per heavy atom. The Hall–Kier alpha value is -1.58. The van der Waals surface area contributed by atoms with E-state index in [1.165, 1.54) is 13.0 Å². The SMILES string of the molecule is C=CCCCC/C=C(\NC(C)=O)C(=O)O. The fourth-order valence-corrected chi connectivity index (χ4v) is 1.06. The molecule has 0 spiro atoms. The van der Waals surface area contributed by atoms with Crippen molar-refractivity contribution in [1.29, 1.82) is 0 Å². The van der Waals surface area contributed by atoms with Crippen molar-refractivity contribution in [2.75, 3.05) is 0 Å². The van der Waals surface area contributed by atoms with E-state index in [9.17, 15) is 9.59 Å². The van der Waals surface area contributed by atoms with Gasteiger partial charge in [0, 0.05) is 6.92 Å². The second-order valence-electron chi connectivity index (χ2n) is 3.18. The summed E-state index contributed by atoms with van der Waals surface area (Å²) in [7, 11) is 0. The first kappa shape index (κ1) is 13.4. The lowest BCUT2D eigenvalue weighted by atomic mass is 10.2. The highest BCUT2D eigenvalue weighted by Crippen LogP contribution is 2.03. The van der Waals surface area contributed by atoms with E-state index in [2.05, 4.69) is 11.9 Å². The standard InChI is InChI=1S/C11H17NO3/c1-3-4-5-6-7-8-10(11(14)15)12-9(2)13/h3,8H,1,4-7H2,2H3,(H,12,13)(H,14,15)/b10-8-. The maximum Gasteiger partial charge on any atom is 0.352 e. The molecule has 0 bridgehead atoms. The van der Waals surface area contributed by atoms with Gasteiger partial charge in [0.2, 0.25) is 5.91 Å². The number of carboxylic acids is 1. The van der Waals surface area contributed by atoms with Crippen molar-refractivity contribution in [3.05, 3.63) is 24.4 Å². The maximum atomic E-state index is 10.7. The molecule has 0 aromatic rings. The molecule has 84 valence electrons. The summed E-state index contributed by atoms with van der Waals surface area (Å²) in [5.41, 5.74) is -0.0406. The quantitative estimate of drug-likeness (QED) is 0.383. The van der Waals surface area contributed by atoms with E-state index < -0.39 is 5.97 Å². The molecule has 0 saturated carbocycles. The molecule has 0 aliphatic carbocycles. The molecule has 0 aromatic carbocycles. The minimum atomic E-state index is -1.10. The third kappa shape index (κ3) is 7.49. The molecule has 0 radical (unpaired) electrons. The zero-order valence-corrected chi connectivity index (χ0v) is 8.95. The zero-order valence-electron chi connectivity index (χ0n) is 8.95. The lowest BCUT2D eigenvalue weighted by Crippen LogP contribution is -2.24. The van der Waals surface area contributed by atoms with Crippen LogP contribution in [0.3, 0.4) is 0 Å². The summed E-state index contributed by atoms with van der Waals surface area (Å²) >= 11 is 0. The van der Waals surface area contributed by atoms with E-state index in [1.54, 1.807) is 0 Å². The number of nitrogens with one attached hydrogen (secondary N) is 1. The third-order valence-electron chi connectivity index (χ3n) is 1.75. The van der Waals surface area contributed by atoms with Gasteiger partial charge >= 0.3 is 5.97 Å². The molecule has 0 fully saturated rings. The number of carboxylic acid groups (broad SMARTS) is 1. The molecule has 4 heteroatoms. The highest BCUT2D eigenvalue weighted by atomic mass is 16.4. The molecule has 0 aliphatic heterocycles. The van der Waals surface area contributed by atoms with Gasteiger partial charge in [-0.25, -0.2) is 4.79 Å². The van der Waals surface area contributed by atoms with Crippen LogP contribution in [-0.2, 0) is 9.59 Å². The van der Waals surface area contributed by atoms with E-state index in [0.717, 1.165) is 19.3 Å². The van der Waals surface area contributed by atoms with Crippen LogP contribution in [-0.4, -0.2) is 17.0 Å². The first-order valence-corrected chi connectivity index (χ1v) is 4.90. The van der Waals surface area contributed by atoms with E-state index >= 15 is 0 Å². The average molecular weight is 211 g/mol. The predicted octanol–water partition coefficient (Wildman–Crippen LogP) is 1.84. The van der Waals surface area contributed by atoms with Crippen LogP contribution in [0.25, 0.3) is 0 Å². The topological polar surface area (TPSA) is 66.4 Å².